The summed E-state index contributed by atoms with van der Waals surface area (Å²) in [6.45, 7) is 7.59. The van der Waals surface area contributed by atoms with Crippen LogP contribution in [0.2, 0.25) is 0 Å². The Morgan fingerprint density at radius 2 is 2.20 bits per heavy atom. The summed E-state index contributed by atoms with van der Waals surface area (Å²) >= 11 is 0. The lowest BCUT2D eigenvalue weighted by molar-refractivity contribution is -0.146. The monoisotopic (exact) mass is 209 g/mol. The van der Waals surface area contributed by atoms with Crippen molar-refractivity contribution in [2.75, 3.05) is 26.2 Å². The van der Waals surface area contributed by atoms with Crippen LogP contribution in [-0.4, -0.2) is 53.8 Å². The number of nitrogens with zero attached hydrogens (tertiary/aromatic N) is 2. The molecule has 0 aromatic rings. The van der Waals surface area contributed by atoms with Crippen LogP contribution in [0.5, 0.6) is 0 Å². The Labute approximate surface area is 88.7 Å². The maximum Gasteiger partial charge on any atom is 0.242 e. The van der Waals surface area contributed by atoms with Crippen molar-refractivity contribution in [2.45, 2.75) is 13.0 Å². The Hall–Kier alpha value is -1.52. The Morgan fingerprint density at radius 3 is 2.87 bits per heavy atom. The average Bonchev–Trinajstić information content (AvgIpc) is 2.18. The van der Waals surface area contributed by atoms with E-state index >= 15 is 0 Å². The second kappa shape index (κ2) is 3.56. The van der Waals surface area contributed by atoms with Crippen LogP contribution < -0.4 is 5.32 Å². The lowest BCUT2D eigenvalue weighted by Crippen LogP contribution is -2.64. The van der Waals surface area contributed by atoms with Crippen LogP contribution in [0.4, 0.5) is 0 Å². The maximum absolute atomic E-state index is 11.8. The molecule has 0 saturated carbocycles. The van der Waals surface area contributed by atoms with E-state index < -0.39 is 0 Å². The number of amides is 2. The summed E-state index contributed by atoms with van der Waals surface area (Å²) in [6.07, 6.45) is 0. The van der Waals surface area contributed by atoms with Crippen LogP contribution in [0, 0.1) is 0 Å². The summed E-state index contributed by atoms with van der Waals surface area (Å²) in [5.74, 6) is -0.0486. The standard InChI is InChI=1S/C10H15N3O2/c1-7(2)12-4-8-3-11-9(14)5-13(8)10(15)6-12/h8H,1,3-6H2,2H3,(H,11,14). The number of hydrogen-bond acceptors (Lipinski definition) is 3. The Balaban J connectivity index is 2.11. The highest BCUT2D eigenvalue weighted by Gasteiger charge is 2.36. The van der Waals surface area contributed by atoms with E-state index in [1.165, 1.54) is 0 Å². The molecule has 1 unspecified atom stereocenters. The van der Waals surface area contributed by atoms with Gasteiger partial charge in [0.25, 0.3) is 0 Å². The SMILES string of the molecule is C=C(C)N1CC(=O)N2CC(=O)NCC2C1. The van der Waals surface area contributed by atoms with E-state index in [-0.39, 0.29) is 24.4 Å². The molecule has 0 aromatic carbocycles. The van der Waals surface area contributed by atoms with Gasteiger partial charge in [0, 0.05) is 18.8 Å². The molecule has 2 fully saturated rings. The van der Waals surface area contributed by atoms with Crippen molar-refractivity contribution >= 4 is 11.8 Å². The second-order valence-corrected chi connectivity index (χ2v) is 4.10. The Kier molecular flexibility index (Phi) is 2.38. The molecule has 2 amide bonds. The van der Waals surface area contributed by atoms with Crippen LogP contribution >= 0.6 is 0 Å². The summed E-state index contributed by atoms with van der Waals surface area (Å²) < 4.78 is 0. The molecule has 0 radical (unpaired) electrons. The van der Waals surface area contributed by atoms with Gasteiger partial charge in [0.2, 0.25) is 11.8 Å². The Morgan fingerprint density at radius 1 is 1.47 bits per heavy atom. The van der Waals surface area contributed by atoms with E-state index in [1.807, 2.05) is 11.8 Å². The van der Waals surface area contributed by atoms with Crippen molar-refractivity contribution in [3.8, 4) is 0 Å². The first kappa shape index (κ1) is 10.0. The molecule has 0 aliphatic carbocycles. The predicted molar refractivity (Wildman–Crippen MR) is 54.9 cm³/mol. The van der Waals surface area contributed by atoms with Gasteiger partial charge >= 0.3 is 0 Å². The van der Waals surface area contributed by atoms with E-state index in [9.17, 15) is 9.59 Å². The maximum atomic E-state index is 11.8. The number of carbonyl (C=O) groups excluding carboxylic acids is 2. The first-order chi connectivity index (χ1) is 7.08. The molecule has 2 aliphatic rings. The van der Waals surface area contributed by atoms with Crippen molar-refractivity contribution in [3.05, 3.63) is 12.3 Å². The highest BCUT2D eigenvalue weighted by molar-refractivity contribution is 5.87. The van der Waals surface area contributed by atoms with Gasteiger partial charge in [-0.05, 0) is 6.92 Å². The fourth-order valence-corrected chi connectivity index (χ4v) is 2.00. The van der Waals surface area contributed by atoms with Gasteiger partial charge in [-0.1, -0.05) is 6.58 Å². The summed E-state index contributed by atoms with van der Waals surface area (Å²) in [5, 5.41) is 2.77. The molecule has 0 spiro atoms. The van der Waals surface area contributed by atoms with Gasteiger partial charge in [-0.2, -0.15) is 0 Å². The van der Waals surface area contributed by atoms with Gasteiger partial charge in [-0.15, -0.1) is 0 Å². The fourth-order valence-electron chi connectivity index (χ4n) is 2.00. The van der Waals surface area contributed by atoms with Crippen LogP contribution in [0.1, 0.15) is 6.92 Å². The molecule has 1 atom stereocenters. The molecular weight excluding hydrogens is 194 g/mol. The summed E-state index contributed by atoms with van der Waals surface area (Å²) in [7, 11) is 0. The van der Waals surface area contributed by atoms with Gasteiger partial charge in [-0.25, -0.2) is 0 Å². The van der Waals surface area contributed by atoms with Crippen molar-refractivity contribution in [2.24, 2.45) is 0 Å². The van der Waals surface area contributed by atoms with Gasteiger partial charge in [0.1, 0.15) is 6.54 Å². The van der Waals surface area contributed by atoms with E-state index in [4.69, 9.17) is 0 Å². The zero-order chi connectivity index (χ0) is 11.0. The van der Waals surface area contributed by atoms with Crippen LogP contribution in [-0.2, 0) is 9.59 Å². The molecule has 2 saturated heterocycles. The van der Waals surface area contributed by atoms with Gasteiger partial charge in [0.05, 0.1) is 12.6 Å². The smallest absolute Gasteiger partial charge is 0.242 e. The van der Waals surface area contributed by atoms with Gasteiger partial charge in [0.15, 0.2) is 0 Å². The van der Waals surface area contributed by atoms with Crippen molar-refractivity contribution in [1.29, 1.82) is 0 Å². The van der Waals surface area contributed by atoms with Crippen LogP contribution in [0.3, 0.4) is 0 Å². The third kappa shape index (κ3) is 1.82. The highest BCUT2D eigenvalue weighted by Crippen LogP contribution is 2.15. The first-order valence-electron chi connectivity index (χ1n) is 5.04. The lowest BCUT2D eigenvalue weighted by Gasteiger charge is -2.44. The molecule has 0 aromatic heterocycles. The van der Waals surface area contributed by atoms with Crippen molar-refractivity contribution < 1.29 is 9.59 Å². The number of carbonyl (C=O) groups is 2. The first-order valence-corrected chi connectivity index (χ1v) is 5.04. The second-order valence-electron chi connectivity index (χ2n) is 4.10. The molecular formula is C10H15N3O2. The lowest BCUT2D eigenvalue weighted by atomic mass is 10.1. The minimum atomic E-state index is -0.0663. The minimum Gasteiger partial charge on any atom is -0.364 e. The van der Waals surface area contributed by atoms with E-state index in [1.54, 1.807) is 4.90 Å². The fraction of sp³-hybridized carbons (Fsp3) is 0.600. The molecule has 5 nitrogen and oxygen atoms in total. The molecule has 5 heteroatoms. The van der Waals surface area contributed by atoms with E-state index in [0.29, 0.717) is 13.1 Å². The quantitative estimate of drug-likeness (QED) is 0.613. The van der Waals surface area contributed by atoms with Crippen molar-refractivity contribution in [3.63, 3.8) is 0 Å². The molecule has 0 bridgehead atoms. The molecule has 1 N–H and O–H groups in total. The molecule has 82 valence electrons. The van der Waals surface area contributed by atoms with E-state index in [2.05, 4.69) is 11.9 Å². The normalized spacial score (nSPS) is 26.1. The number of nitrogens with one attached hydrogen (secondary N) is 1. The number of fused-ring (bicyclic) bond motifs is 1. The zero-order valence-electron chi connectivity index (χ0n) is 8.82. The largest absolute Gasteiger partial charge is 0.364 e. The van der Waals surface area contributed by atoms with Crippen LogP contribution in [0.25, 0.3) is 0 Å². The zero-order valence-corrected chi connectivity index (χ0v) is 8.82. The average molecular weight is 209 g/mol. The minimum absolute atomic E-state index is 0.0177. The number of piperazine rings is 2. The van der Waals surface area contributed by atoms with Gasteiger partial charge < -0.3 is 15.1 Å². The molecule has 2 rings (SSSR count). The number of hydrogen-bond donors (Lipinski definition) is 1. The number of allylic oxidation sites excluding steroid dienone is 1. The van der Waals surface area contributed by atoms with E-state index in [0.717, 1.165) is 12.2 Å². The molecule has 2 aliphatic heterocycles. The van der Waals surface area contributed by atoms with Crippen LogP contribution in [0.15, 0.2) is 12.3 Å². The van der Waals surface area contributed by atoms with Crippen molar-refractivity contribution in [1.82, 2.24) is 15.1 Å². The summed E-state index contributed by atoms with van der Waals surface area (Å²) in [6, 6.07) is 0.0978. The van der Waals surface area contributed by atoms with Gasteiger partial charge in [-0.3, -0.25) is 9.59 Å². The Bertz CT molecular complexity index is 327. The molecule has 2 heterocycles. The highest BCUT2D eigenvalue weighted by atomic mass is 16.2. The number of rotatable bonds is 1. The third-order valence-corrected chi connectivity index (χ3v) is 2.91. The molecule has 15 heavy (non-hydrogen) atoms. The summed E-state index contributed by atoms with van der Waals surface area (Å²) in [4.78, 5) is 26.5. The summed E-state index contributed by atoms with van der Waals surface area (Å²) in [5.41, 5.74) is 0.903. The predicted octanol–water partition coefficient (Wildman–Crippen LogP) is -0.837. The topological polar surface area (TPSA) is 52.7 Å². The third-order valence-electron chi connectivity index (χ3n) is 2.91.